The summed E-state index contributed by atoms with van der Waals surface area (Å²) in [5.74, 6) is 7.24. The Morgan fingerprint density at radius 3 is 2.72 bits per heavy atom. The Labute approximate surface area is 113 Å². The van der Waals surface area contributed by atoms with Crippen molar-refractivity contribution in [3.63, 3.8) is 0 Å². The summed E-state index contributed by atoms with van der Waals surface area (Å²) in [6.07, 6.45) is 0. The highest BCUT2D eigenvalue weighted by atomic mass is 79.9. The summed E-state index contributed by atoms with van der Waals surface area (Å²) < 4.78 is 6.25. The predicted octanol–water partition coefficient (Wildman–Crippen LogP) is 2.51. The highest BCUT2D eigenvalue weighted by Gasteiger charge is 2.11. The number of nitrogen functional groups attached to an aromatic ring is 1. The molecule has 2 rings (SSSR count). The van der Waals surface area contributed by atoms with Gasteiger partial charge in [-0.05, 0) is 25.1 Å². The van der Waals surface area contributed by atoms with Crippen molar-refractivity contribution >= 4 is 21.7 Å². The van der Waals surface area contributed by atoms with Crippen LogP contribution in [0.3, 0.4) is 0 Å². The fourth-order valence-electron chi connectivity index (χ4n) is 1.62. The summed E-state index contributed by atoms with van der Waals surface area (Å²) in [5, 5.41) is 0. The smallest absolute Gasteiger partial charge is 0.165 e. The Bertz CT molecular complexity index is 574. The average Bonchev–Trinajstić information content (AvgIpc) is 2.38. The van der Waals surface area contributed by atoms with E-state index >= 15 is 0 Å². The van der Waals surface area contributed by atoms with Gasteiger partial charge in [0.15, 0.2) is 5.82 Å². The van der Waals surface area contributed by atoms with Crippen LogP contribution in [0.2, 0.25) is 0 Å². The van der Waals surface area contributed by atoms with Crippen LogP contribution >= 0.6 is 15.9 Å². The van der Waals surface area contributed by atoms with Gasteiger partial charge >= 0.3 is 0 Å². The quantitative estimate of drug-likeness (QED) is 0.673. The molecule has 0 aliphatic rings. The molecule has 1 aromatic heterocycles. The number of nitrogens with two attached hydrogens (primary N) is 1. The standard InChI is InChI=1S/C12H13BrN4O/c1-7-5-11(17-14)16-12(15-7)9-6-8(13)3-4-10(9)18-2/h3-6H,14H2,1-2H3,(H,15,16,17). The number of hydrazine groups is 1. The molecule has 2 aromatic rings. The summed E-state index contributed by atoms with van der Waals surface area (Å²) >= 11 is 3.43. The number of halogens is 1. The Balaban J connectivity index is 2.60. The molecule has 0 aliphatic heterocycles. The minimum absolute atomic E-state index is 0.569. The number of hydrogen-bond donors (Lipinski definition) is 2. The Morgan fingerprint density at radius 1 is 1.28 bits per heavy atom. The highest BCUT2D eigenvalue weighted by molar-refractivity contribution is 9.10. The summed E-state index contributed by atoms with van der Waals surface area (Å²) in [6.45, 7) is 1.89. The maximum Gasteiger partial charge on any atom is 0.165 e. The zero-order chi connectivity index (χ0) is 13.1. The molecular formula is C12H13BrN4O. The average molecular weight is 309 g/mol. The molecule has 0 radical (unpaired) electrons. The van der Waals surface area contributed by atoms with Crippen molar-refractivity contribution < 1.29 is 4.74 Å². The Hall–Kier alpha value is -1.66. The summed E-state index contributed by atoms with van der Waals surface area (Å²) in [6, 6.07) is 7.45. The van der Waals surface area contributed by atoms with E-state index in [1.807, 2.05) is 25.1 Å². The number of aryl methyl sites for hydroxylation is 1. The van der Waals surface area contributed by atoms with Gasteiger partial charge in [0, 0.05) is 16.2 Å². The van der Waals surface area contributed by atoms with Crippen LogP contribution in [-0.4, -0.2) is 17.1 Å². The first-order valence-electron chi connectivity index (χ1n) is 5.30. The molecule has 1 heterocycles. The maximum absolute atomic E-state index is 5.39. The van der Waals surface area contributed by atoms with Gasteiger partial charge in [-0.3, -0.25) is 0 Å². The van der Waals surface area contributed by atoms with Gasteiger partial charge in [0.1, 0.15) is 11.6 Å². The molecule has 0 aliphatic carbocycles. The number of aromatic nitrogens is 2. The number of nitrogens with zero attached hydrogens (tertiary/aromatic N) is 2. The first-order chi connectivity index (χ1) is 8.63. The second-order valence-electron chi connectivity index (χ2n) is 3.71. The summed E-state index contributed by atoms with van der Waals surface area (Å²) in [5.41, 5.74) is 4.17. The van der Waals surface area contributed by atoms with E-state index in [4.69, 9.17) is 10.6 Å². The molecule has 0 unspecified atom stereocenters. The maximum atomic E-state index is 5.39. The largest absolute Gasteiger partial charge is 0.496 e. The minimum atomic E-state index is 0.569. The molecule has 3 N–H and O–H groups in total. The minimum Gasteiger partial charge on any atom is -0.496 e. The zero-order valence-electron chi connectivity index (χ0n) is 10.1. The van der Waals surface area contributed by atoms with E-state index in [1.54, 1.807) is 13.2 Å². The van der Waals surface area contributed by atoms with Crippen LogP contribution in [0.25, 0.3) is 11.4 Å². The molecule has 0 atom stereocenters. The molecule has 18 heavy (non-hydrogen) atoms. The molecule has 6 heteroatoms. The summed E-state index contributed by atoms with van der Waals surface area (Å²) in [4.78, 5) is 8.72. The molecule has 0 fully saturated rings. The van der Waals surface area contributed by atoms with Crippen molar-refractivity contribution in [2.45, 2.75) is 6.92 Å². The van der Waals surface area contributed by atoms with Crippen LogP contribution < -0.4 is 16.0 Å². The lowest BCUT2D eigenvalue weighted by molar-refractivity contribution is 0.416. The Morgan fingerprint density at radius 2 is 2.06 bits per heavy atom. The highest BCUT2D eigenvalue weighted by Crippen LogP contribution is 2.31. The normalized spacial score (nSPS) is 10.2. The van der Waals surface area contributed by atoms with Crippen LogP contribution in [0.15, 0.2) is 28.7 Å². The lowest BCUT2D eigenvalue weighted by atomic mass is 10.2. The molecule has 0 spiro atoms. The number of benzene rings is 1. The van der Waals surface area contributed by atoms with Gasteiger partial charge in [0.25, 0.3) is 0 Å². The first kappa shape index (κ1) is 12.8. The SMILES string of the molecule is COc1ccc(Br)cc1-c1nc(C)cc(NN)n1. The number of hydrogen-bond acceptors (Lipinski definition) is 5. The molecule has 0 saturated heterocycles. The Kier molecular flexibility index (Phi) is 3.78. The van der Waals surface area contributed by atoms with Crippen molar-refractivity contribution in [2.75, 3.05) is 12.5 Å². The number of rotatable bonds is 3. The van der Waals surface area contributed by atoms with Crippen LogP contribution in [0.4, 0.5) is 5.82 Å². The zero-order valence-corrected chi connectivity index (χ0v) is 11.7. The third-order valence-electron chi connectivity index (χ3n) is 2.40. The molecule has 1 aromatic carbocycles. The fraction of sp³-hybridized carbons (Fsp3) is 0.167. The van der Waals surface area contributed by atoms with Crippen LogP contribution in [-0.2, 0) is 0 Å². The van der Waals surface area contributed by atoms with Gasteiger partial charge < -0.3 is 10.2 Å². The van der Waals surface area contributed by atoms with Crippen LogP contribution in [0.1, 0.15) is 5.69 Å². The van der Waals surface area contributed by atoms with Gasteiger partial charge in [-0.2, -0.15) is 0 Å². The molecular weight excluding hydrogens is 296 g/mol. The van der Waals surface area contributed by atoms with Crippen molar-refractivity contribution in [3.05, 3.63) is 34.4 Å². The second-order valence-corrected chi connectivity index (χ2v) is 4.62. The number of nitrogens with one attached hydrogen (secondary N) is 1. The van der Waals surface area contributed by atoms with E-state index in [0.717, 1.165) is 15.7 Å². The molecule has 0 saturated carbocycles. The lowest BCUT2D eigenvalue weighted by Crippen LogP contribution is -2.10. The van der Waals surface area contributed by atoms with E-state index in [9.17, 15) is 0 Å². The van der Waals surface area contributed by atoms with Crippen LogP contribution in [0, 0.1) is 6.92 Å². The monoisotopic (exact) mass is 308 g/mol. The van der Waals surface area contributed by atoms with Crippen LogP contribution in [0.5, 0.6) is 5.75 Å². The number of methoxy groups -OCH3 is 1. The van der Waals surface area contributed by atoms with E-state index in [0.29, 0.717) is 17.4 Å². The van der Waals surface area contributed by atoms with Crippen molar-refractivity contribution in [1.29, 1.82) is 0 Å². The van der Waals surface area contributed by atoms with Crippen molar-refractivity contribution in [1.82, 2.24) is 9.97 Å². The van der Waals surface area contributed by atoms with E-state index in [-0.39, 0.29) is 0 Å². The summed E-state index contributed by atoms with van der Waals surface area (Å²) in [7, 11) is 1.62. The van der Waals surface area contributed by atoms with Crippen molar-refractivity contribution in [3.8, 4) is 17.1 Å². The molecule has 0 amide bonds. The third kappa shape index (κ3) is 2.60. The fourth-order valence-corrected chi connectivity index (χ4v) is 1.98. The predicted molar refractivity (Wildman–Crippen MR) is 74.3 cm³/mol. The van der Waals surface area contributed by atoms with Crippen molar-refractivity contribution in [2.24, 2.45) is 5.84 Å². The second kappa shape index (κ2) is 5.32. The van der Waals surface area contributed by atoms with E-state index in [2.05, 4.69) is 31.3 Å². The molecule has 94 valence electrons. The van der Waals surface area contributed by atoms with Gasteiger partial charge in [0.2, 0.25) is 0 Å². The number of anilines is 1. The molecule has 0 bridgehead atoms. The van der Waals surface area contributed by atoms with Gasteiger partial charge in [-0.1, -0.05) is 15.9 Å². The van der Waals surface area contributed by atoms with E-state index < -0.39 is 0 Å². The van der Waals surface area contributed by atoms with Gasteiger partial charge in [-0.15, -0.1) is 0 Å². The van der Waals surface area contributed by atoms with Gasteiger partial charge in [0.05, 0.1) is 12.7 Å². The van der Waals surface area contributed by atoms with E-state index in [1.165, 1.54) is 0 Å². The molecule has 5 nitrogen and oxygen atoms in total. The number of ether oxygens (including phenoxy) is 1. The first-order valence-corrected chi connectivity index (χ1v) is 6.09. The lowest BCUT2D eigenvalue weighted by Gasteiger charge is -2.09. The topological polar surface area (TPSA) is 73.1 Å². The van der Waals surface area contributed by atoms with Gasteiger partial charge in [-0.25, -0.2) is 15.8 Å². The third-order valence-corrected chi connectivity index (χ3v) is 2.90.